The highest BCUT2D eigenvalue weighted by molar-refractivity contribution is 7.81. The van der Waals surface area contributed by atoms with Gasteiger partial charge in [0.15, 0.2) is 5.66 Å². The minimum Gasteiger partial charge on any atom is -0.336 e. The molecule has 40 heavy (non-hydrogen) atoms. The van der Waals surface area contributed by atoms with Crippen molar-refractivity contribution >= 4 is 63.4 Å². The lowest BCUT2D eigenvalue weighted by Crippen LogP contribution is -2.65. The minimum atomic E-state index is -0.917. The third-order valence-electron chi connectivity index (χ3n) is 7.91. The molecule has 0 N–H and O–H groups in total. The summed E-state index contributed by atoms with van der Waals surface area (Å²) in [6, 6.07) is 33.9. The molecule has 0 radical (unpaired) electrons. The van der Waals surface area contributed by atoms with E-state index in [9.17, 15) is 4.79 Å². The molecule has 2 aliphatic heterocycles. The number of carbonyl (C=O) groups is 1. The number of benzene rings is 4. The van der Waals surface area contributed by atoms with Crippen LogP contribution in [0.15, 0.2) is 103 Å². The van der Waals surface area contributed by atoms with E-state index in [1.165, 1.54) is 0 Å². The van der Waals surface area contributed by atoms with Gasteiger partial charge in [0.2, 0.25) is 5.91 Å². The Morgan fingerprint density at radius 2 is 1.18 bits per heavy atom. The summed E-state index contributed by atoms with van der Waals surface area (Å²) in [6.45, 7) is 5.35. The summed E-state index contributed by atoms with van der Waals surface area (Å²) in [5.74, 6) is -0.401. The van der Waals surface area contributed by atoms with Crippen molar-refractivity contribution in [3.8, 4) is 0 Å². The van der Waals surface area contributed by atoms with Crippen LogP contribution in [-0.4, -0.2) is 16.6 Å². The van der Waals surface area contributed by atoms with Gasteiger partial charge in [0.25, 0.3) is 0 Å². The normalized spacial score (nSPS) is 17.8. The van der Waals surface area contributed by atoms with E-state index in [-0.39, 0.29) is 11.8 Å². The average molecular weight is 587 g/mol. The maximum absolute atomic E-state index is 14.5. The summed E-state index contributed by atoms with van der Waals surface area (Å²) in [5.41, 5.74) is 4.13. The summed E-state index contributed by atoms with van der Waals surface area (Å²) >= 11 is 18.9. The molecule has 0 aliphatic carbocycles. The van der Waals surface area contributed by atoms with E-state index in [0.717, 1.165) is 28.2 Å². The Hall–Kier alpha value is -3.38. The topological polar surface area (TPSA) is 26.8 Å². The van der Waals surface area contributed by atoms with Crippen LogP contribution in [0.5, 0.6) is 0 Å². The first kappa shape index (κ1) is 26.8. The molecule has 7 heteroatoms. The fourth-order valence-corrected chi connectivity index (χ4v) is 7.03. The van der Waals surface area contributed by atoms with Gasteiger partial charge in [0, 0.05) is 28.8 Å². The second-order valence-electron chi connectivity index (χ2n) is 10.7. The molecule has 1 spiro atoms. The quantitative estimate of drug-likeness (QED) is 0.212. The van der Waals surface area contributed by atoms with E-state index in [4.69, 9.17) is 35.4 Å². The Morgan fingerprint density at radius 3 is 1.62 bits per heavy atom. The van der Waals surface area contributed by atoms with Crippen LogP contribution in [-0.2, 0) is 17.9 Å². The summed E-state index contributed by atoms with van der Waals surface area (Å²) in [4.78, 5) is 21.5. The lowest BCUT2D eigenvalue weighted by atomic mass is 9.83. The van der Waals surface area contributed by atoms with Crippen molar-refractivity contribution in [3.63, 3.8) is 0 Å². The molecule has 6 rings (SSSR count). The van der Waals surface area contributed by atoms with Gasteiger partial charge in [-0.1, -0.05) is 104 Å². The molecule has 2 heterocycles. The number of halogens is 2. The van der Waals surface area contributed by atoms with Gasteiger partial charge in [-0.15, -0.1) is 0 Å². The zero-order valence-electron chi connectivity index (χ0n) is 22.3. The molecule has 1 unspecified atom stereocenters. The number of nitrogens with zero attached hydrogens (tertiary/aromatic N) is 3. The lowest BCUT2D eigenvalue weighted by molar-refractivity contribution is -0.122. The third kappa shape index (κ3) is 4.28. The first-order valence-corrected chi connectivity index (χ1v) is 14.6. The Labute approximate surface area is 250 Å². The first-order chi connectivity index (χ1) is 19.3. The number of thiocarbonyl (C=S) groups is 1. The van der Waals surface area contributed by atoms with E-state index in [0.29, 0.717) is 28.1 Å². The van der Waals surface area contributed by atoms with Crippen molar-refractivity contribution in [2.45, 2.75) is 32.6 Å². The molecule has 4 aromatic carbocycles. The number of fused-ring (bicyclic) bond motifs is 1. The second-order valence-corrected chi connectivity index (χ2v) is 11.9. The third-order valence-corrected chi connectivity index (χ3v) is 8.90. The summed E-state index contributed by atoms with van der Waals surface area (Å²) < 4.78 is 0. The van der Waals surface area contributed by atoms with Gasteiger partial charge in [-0.3, -0.25) is 9.69 Å². The van der Waals surface area contributed by atoms with Crippen LogP contribution in [0, 0.1) is 11.8 Å². The predicted octanol–water partition coefficient (Wildman–Crippen LogP) is 8.36. The zero-order valence-corrected chi connectivity index (χ0v) is 24.6. The Balaban J connectivity index is 1.59. The molecule has 0 aromatic heterocycles. The van der Waals surface area contributed by atoms with Crippen molar-refractivity contribution < 1.29 is 4.79 Å². The van der Waals surface area contributed by atoms with Crippen LogP contribution in [0.4, 0.5) is 17.1 Å². The van der Waals surface area contributed by atoms with Crippen molar-refractivity contribution in [2.75, 3.05) is 14.7 Å². The molecular formula is C33H29Cl2N3OS. The SMILES string of the molecule is CC(C)C1C(=O)N(c2ccccc2)C(=S)C12N(Cc1ccc(Cl)cc1)c1ccccc1N2Cc1ccc(Cl)cc1. The fourth-order valence-electron chi connectivity index (χ4n) is 6.24. The molecule has 0 saturated carbocycles. The molecular weight excluding hydrogens is 557 g/mol. The maximum atomic E-state index is 14.5. The number of para-hydroxylation sites is 3. The summed E-state index contributed by atoms with van der Waals surface area (Å²) in [7, 11) is 0. The van der Waals surface area contributed by atoms with Crippen LogP contribution in [0.3, 0.4) is 0 Å². The monoisotopic (exact) mass is 585 g/mol. The number of carbonyl (C=O) groups excluding carboxylic acids is 1. The van der Waals surface area contributed by atoms with Crippen LogP contribution in [0.2, 0.25) is 10.0 Å². The van der Waals surface area contributed by atoms with Crippen LogP contribution < -0.4 is 14.7 Å². The molecule has 1 amide bonds. The lowest BCUT2D eigenvalue weighted by Gasteiger charge is -2.47. The highest BCUT2D eigenvalue weighted by Gasteiger charge is 2.67. The molecule has 1 fully saturated rings. The second kappa shape index (κ2) is 10.5. The number of hydrogen-bond acceptors (Lipinski definition) is 4. The largest absolute Gasteiger partial charge is 0.336 e. The van der Waals surface area contributed by atoms with Gasteiger partial charge in [0.05, 0.1) is 17.3 Å². The Bertz CT molecular complexity index is 1480. The molecule has 4 nitrogen and oxygen atoms in total. The predicted molar refractivity (Wildman–Crippen MR) is 169 cm³/mol. The van der Waals surface area contributed by atoms with Crippen molar-refractivity contribution in [1.29, 1.82) is 0 Å². The highest BCUT2D eigenvalue weighted by atomic mass is 35.5. The number of anilines is 3. The minimum absolute atomic E-state index is 0.00825. The van der Waals surface area contributed by atoms with E-state index in [1.807, 2.05) is 91.0 Å². The number of rotatable bonds is 6. The molecule has 1 saturated heterocycles. The van der Waals surface area contributed by atoms with Gasteiger partial charge in [0.1, 0.15) is 4.99 Å². The molecule has 0 bridgehead atoms. The molecule has 2 aliphatic rings. The van der Waals surface area contributed by atoms with Crippen LogP contribution in [0.25, 0.3) is 0 Å². The van der Waals surface area contributed by atoms with E-state index < -0.39 is 11.6 Å². The smallest absolute Gasteiger partial charge is 0.240 e. The van der Waals surface area contributed by atoms with Crippen LogP contribution >= 0.6 is 35.4 Å². The van der Waals surface area contributed by atoms with E-state index >= 15 is 0 Å². The van der Waals surface area contributed by atoms with Gasteiger partial charge >= 0.3 is 0 Å². The Kier molecular flexibility index (Phi) is 7.07. The summed E-state index contributed by atoms with van der Waals surface area (Å²) in [6.07, 6.45) is 0. The van der Waals surface area contributed by atoms with Crippen LogP contribution in [0.1, 0.15) is 25.0 Å². The van der Waals surface area contributed by atoms with E-state index in [2.05, 4.69) is 35.8 Å². The fraction of sp³-hybridized carbons (Fsp3) is 0.212. The maximum Gasteiger partial charge on any atom is 0.240 e. The standard InChI is InChI=1S/C33H29Cl2N3OS/c1-22(2)30-31(39)38(27-8-4-3-5-9-27)32(40)33(30)36(20-23-12-16-25(34)17-13-23)28-10-6-7-11-29(28)37(33)21-24-14-18-26(35)19-15-24/h3-19,22,30H,20-21H2,1-2H3. The van der Waals surface area contributed by atoms with Gasteiger partial charge < -0.3 is 9.80 Å². The number of amides is 1. The molecule has 202 valence electrons. The van der Waals surface area contributed by atoms with Gasteiger partial charge in [-0.05, 0) is 65.6 Å². The Morgan fingerprint density at radius 1 is 0.725 bits per heavy atom. The van der Waals surface area contributed by atoms with Crippen molar-refractivity contribution in [1.82, 2.24) is 0 Å². The molecule has 1 atom stereocenters. The summed E-state index contributed by atoms with van der Waals surface area (Å²) in [5, 5.41) is 1.37. The van der Waals surface area contributed by atoms with E-state index in [1.54, 1.807) is 4.90 Å². The zero-order chi connectivity index (χ0) is 28.0. The first-order valence-electron chi connectivity index (χ1n) is 13.4. The van der Waals surface area contributed by atoms with Crippen molar-refractivity contribution in [2.24, 2.45) is 11.8 Å². The average Bonchev–Trinajstić information content (AvgIpc) is 3.35. The molecule has 4 aromatic rings. The number of hydrogen-bond donors (Lipinski definition) is 0. The van der Waals surface area contributed by atoms with Gasteiger partial charge in [-0.2, -0.15) is 0 Å². The highest BCUT2D eigenvalue weighted by Crippen LogP contribution is 2.56. The van der Waals surface area contributed by atoms with Gasteiger partial charge in [-0.25, -0.2) is 0 Å². The van der Waals surface area contributed by atoms with Crippen molar-refractivity contribution in [3.05, 3.63) is 124 Å².